The fourth-order valence-electron chi connectivity index (χ4n) is 2.54. The number of benzene rings is 1. The fourth-order valence-corrected chi connectivity index (χ4v) is 3.50. The van der Waals surface area contributed by atoms with E-state index in [2.05, 4.69) is 52.0 Å². The zero-order chi connectivity index (χ0) is 15.5. The first-order valence-electron chi connectivity index (χ1n) is 7.46. The van der Waals surface area contributed by atoms with E-state index in [-0.39, 0.29) is 0 Å². The standard InChI is InChI=1S/C19H15N3S/c1-2-7-15(8-3-1)14-23-19-17-10-4-5-12-22(17)18(21-19)16-9-6-11-20-13-16/h1-13H,14H2. The molecule has 0 bridgehead atoms. The lowest BCUT2D eigenvalue weighted by molar-refractivity contribution is 1.14. The number of imidazole rings is 1. The monoisotopic (exact) mass is 317 g/mol. The van der Waals surface area contributed by atoms with Gasteiger partial charge in [-0.05, 0) is 29.8 Å². The minimum atomic E-state index is 0.912. The largest absolute Gasteiger partial charge is 0.299 e. The van der Waals surface area contributed by atoms with Gasteiger partial charge in [-0.3, -0.25) is 9.38 Å². The maximum atomic E-state index is 4.86. The highest BCUT2D eigenvalue weighted by molar-refractivity contribution is 7.98. The Kier molecular flexibility index (Phi) is 3.82. The minimum Gasteiger partial charge on any atom is -0.299 e. The van der Waals surface area contributed by atoms with Crippen molar-refractivity contribution in [3.63, 3.8) is 0 Å². The van der Waals surface area contributed by atoms with E-state index in [9.17, 15) is 0 Å². The third-order valence-corrected chi connectivity index (χ3v) is 4.70. The number of thioether (sulfide) groups is 1. The van der Waals surface area contributed by atoms with Crippen molar-refractivity contribution in [1.29, 1.82) is 0 Å². The molecule has 0 radical (unpaired) electrons. The highest BCUT2D eigenvalue weighted by atomic mass is 32.2. The average Bonchev–Trinajstić information content (AvgIpc) is 3.01. The molecule has 3 nitrogen and oxygen atoms in total. The molecule has 0 aliphatic carbocycles. The van der Waals surface area contributed by atoms with Gasteiger partial charge in [-0.2, -0.15) is 0 Å². The molecule has 0 saturated heterocycles. The number of rotatable bonds is 4. The Morgan fingerprint density at radius 1 is 0.913 bits per heavy atom. The van der Waals surface area contributed by atoms with E-state index in [4.69, 9.17) is 4.98 Å². The molecule has 0 unspecified atom stereocenters. The molecule has 1 aromatic carbocycles. The van der Waals surface area contributed by atoms with Crippen molar-refractivity contribution in [2.45, 2.75) is 10.8 Å². The summed E-state index contributed by atoms with van der Waals surface area (Å²) in [5.74, 6) is 1.85. The van der Waals surface area contributed by atoms with Crippen LogP contribution in [0.1, 0.15) is 5.56 Å². The summed E-state index contributed by atoms with van der Waals surface area (Å²) in [6.07, 6.45) is 5.69. The van der Waals surface area contributed by atoms with Crippen LogP contribution in [0.25, 0.3) is 16.9 Å². The smallest absolute Gasteiger partial charge is 0.147 e. The van der Waals surface area contributed by atoms with Crippen molar-refractivity contribution in [1.82, 2.24) is 14.4 Å². The second-order valence-electron chi connectivity index (χ2n) is 5.21. The van der Waals surface area contributed by atoms with E-state index >= 15 is 0 Å². The van der Waals surface area contributed by atoms with Gasteiger partial charge >= 0.3 is 0 Å². The van der Waals surface area contributed by atoms with Gasteiger partial charge < -0.3 is 0 Å². The molecule has 23 heavy (non-hydrogen) atoms. The highest BCUT2D eigenvalue weighted by Gasteiger charge is 2.12. The maximum Gasteiger partial charge on any atom is 0.147 e. The summed E-state index contributed by atoms with van der Waals surface area (Å²) in [5.41, 5.74) is 3.46. The van der Waals surface area contributed by atoms with E-state index < -0.39 is 0 Å². The van der Waals surface area contributed by atoms with Crippen LogP contribution < -0.4 is 0 Å². The predicted octanol–water partition coefficient (Wildman–Crippen LogP) is 4.69. The molecule has 0 atom stereocenters. The molecule has 0 N–H and O–H groups in total. The number of hydrogen-bond acceptors (Lipinski definition) is 3. The van der Waals surface area contributed by atoms with Gasteiger partial charge in [-0.25, -0.2) is 4.98 Å². The van der Waals surface area contributed by atoms with Crippen LogP contribution in [-0.4, -0.2) is 14.4 Å². The SMILES string of the molecule is c1ccc(CSc2nc(-c3cccnc3)n3ccccc23)cc1. The summed E-state index contributed by atoms with van der Waals surface area (Å²) >= 11 is 1.77. The van der Waals surface area contributed by atoms with Crippen LogP contribution in [0.5, 0.6) is 0 Å². The molecule has 0 saturated carbocycles. The summed E-state index contributed by atoms with van der Waals surface area (Å²) in [5, 5.41) is 1.05. The molecular formula is C19H15N3S. The van der Waals surface area contributed by atoms with Gasteiger partial charge in [0.25, 0.3) is 0 Å². The minimum absolute atomic E-state index is 0.912. The summed E-state index contributed by atoms with van der Waals surface area (Å²) in [6.45, 7) is 0. The van der Waals surface area contributed by atoms with Crippen LogP contribution in [0, 0.1) is 0 Å². The molecule has 0 aliphatic rings. The predicted molar refractivity (Wildman–Crippen MR) is 94.4 cm³/mol. The van der Waals surface area contributed by atoms with Crippen LogP contribution in [0.2, 0.25) is 0 Å². The Labute approximate surface area is 139 Å². The molecular weight excluding hydrogens is 302 g/mol. The average molecular weight is 317 g/mol. The normalized spacial score (nSPS) is 11.0. The van der Waals surface area contributed by atoms with Crippen LogP contribution in [0.3, 0.4) is 0 Å². The van der Waals surface area contributed by atoms with Gasteiger partial charge in [0.1, 0.15) is 10.9 Å². The first-order chi connectivity index (χ1) is 11.4. The number of pyridine rings is 2. The Balaban J connectivity index is 1.73. The van der Waals surface area contributed by atoms with Crippen molar-refractivity contribution < 1.29 is 0 Å². The number of aromatic nitrogens is 3. The number of fused-ring (bicyclic) bond motifs is 1. The van der Waals surface area contributed by atoms with Crippen molar-refractivity contribution in [3.8, 4) is 11.4 Å². The third-order valence-electron chi connectivity index (χ3n) is 3.65. The van der Waals surface area contributed by atoms with Crippen LogP contribution in [0.4, 0.5) is 0 Å². The van der Waals surface area contributed by atoms with E-state index in [1.54, 1.807) is 18.0 Å². The zero-order valence-corrected chi connectivity index (χ0v) is 13.3. The van der Waals surface area contributed by atoms with Gasteiger partial charge in [0.15, 0.2) is 0 Å². The first kappa shape index (κ1) is 14.0. The van der Waals surface area contributed by atoms with Crippen molar-refractivity contribution >= 4 is 17.3 Å². The maximum absolute atomic E-state index is 4.86. The fraction of sp³-hybridized carbons (Fsp3) is 0.0526. The molecule has 3 aromatic heterocycles. The first-order valence-corrected chi connectivity index (χ1v) is 8.44. The molecule has 0 fully saturated rings. The Bertz CT molecular complexity index is 917. The van der Waals surface area contributed by atoms with Gasteiger partial charge in [0.2, 0.25) is 0 Å². The van der Waals surface area contributed by atoms with Crippen LogP contribution >= 0.6 is 11.8 Å². The lowest BCUT2D eigenvalue weighted by atomic mass is 10.2. The molecule has 0 amide bonds. The molecule has 0 aliphatic heterocycles. The Hall–Kier alpha value is -2.59. The van der Waals surface area contributed by atoms with Crippen LogP contribution in [0.15, 0.2) is 84.3 Å². The second-order valence-corrected chi connectivity index (χ2v) is 6.18. The van der Waals surface area contributed by atoms with Crippen molar-refractivity contribution in [2.75, 3.05) is 0 Å². The van der Waals surface area contributed by atoms with Gasteiger partial charge in [-0.1, -0.05) is 48.2 Å². The number of hydrogen-bond donors (Lipinski definition) is 0. The number of nitrogens with zero attached hydrogens (tertiary/aromatic N) is 3. The van der Waals surface area contributed by atoms with E-state index in [0.29, 0.717) is 0 Å². The van der Waals surface area contributed by atoms with Crippen LogP contribution in [-0.2, 0) is 5.75 Å². The molecule has 3 heterocycles. The Morgan fingerprint density at radius 3 is 2.61 bits per heavy atom. The summed E-state index contributed by atoms with van der Waals surface area (Å²) < 4.78 is 2.13. The summed E-state index contributed by atoms with van der Waals surface area (Å²) in [4.78, 5) is 9.07. The zero-order valence-electron chi connectivity index (χ0n) is 12.5. The molecule has 4 heteroatoms. The van der Waals surface area contributed by atoms with E-state index in [0.717, 1.165) is 27.7 Å². The lowest BCUT2D eigenvalue weighted by Gasteiger charge is -2.00. The van der Waals surface area contributed by atoms with E-state index in [1.807, 2.05) is 30.5 Å². The second kappa shape index (κ2) is 6.26. The quantitative estimate of drug-likeness (QED) is 0.512. The van der Waals surface area contributed by atoms with Crippen molar-refractivity contribution in [3.05, 3.63) is 84.8 Å². The lowest BCUT2D eigenvalue weighted by Crippen LogP contribution is -1.88. The molecule has 112 valence electrons. The van der Waals surface area contributed by atoms with Crippen molar-refractivity contribution in [2.24, 2.45) is 0 Å². The Morgan fingerprint density at radius 2 is 1.78 bits per heavy atom. The van der Waals surface area contributed by atoms with Gasteiger partial charge in [0, 0.05) is 29.9 Å². The summed E-state index contributed by atoms with van der Waals surface area (Å²) in [7, 11) is 0. The molecule has 0 spiro atoms. The molecule has 4 rings (SSSR count). The third kappa shape index (κ3) is 2.85. The topological polar surface area (TPSA) is 30.2 Å². The van der Waals surface area contributed by atoms with Gasteiger partial charge in [0.05, 0.1) is 5.52 Å². The van der Waals surface area contributed by atoms with Gasteiger partial charge in [-0.15, -0.1) is 0 Å². The van der Waals surface area contributed by atoms with E-state index in [1.165, 1.54) is 5.56 Å². The molecule has 4 aromatic rings. The summed E-state index contributed by atoms with van der Waals surface area (Å²) in [6, 6.07) is 20.7. The highest BCUT2D eigenvalue weighted by Crippen LogP contribution is 2.30.